The van der Waals surface area contributed by atoms with Gasteiger partial charge in [0.1, 0.15) is 5.75 Å². The molecule has 0 spiro atoms. The van der Waals surface area contributed by atoms with Gasteiger partial charge >= 0.3 is 0 Å². The summed E-state index contributed by atoms with van der Waals surface area (Å²) >= 11 is 5.88. The van der Waals surface area contributed by atoms with Crippen molar-refractivity contribution in [3.8, 4) is 5.75 Å². The SMILES string of the molecule is COc1ccc(S(=O)(=O)NCc2ccc(F)c(F)c2)cc1Cl. The third-order valence-corrected chi connectivity index (χ3v) is 4.58. The summed E-state index contributed by atoms with van der Waals surface area (Å²) in [7, 11) is -2.42. The summed E-state index contributed by atoms with van der Waals surface area (Å²) in [4.78, 5) is -0.0547. The number of halogens is 3. The van der Waals surface area contributed by atoms with E-state index in [0.29, 0.717) is 11.3 Å². The molecule has 8 heteroatoms. The highest BCUT2D eigenvalue weighted by Gasteiger charge is 2.16. The second kappa shape index (κ2) is 6.60. The highest BCUT2D eigenvalue weighted by Crippen LogP contribution is 2.26. The van der Waals surface area contributed by atoms with Gasteiger partial charge in [0, 0.05) is 6.54 Å². The molecule has 1 N–H and O–H groups in total. The standard InChI is InChI=1S/C14H12ClF2NO3S/c1-21-14-5-3-10(7-11(14)15)22(19,20)18-8-9-2-4-12(16)13(17)6-9/h2-7,18H,8H2,1H3. The fraction of sp³-hybridized carbons (Fsp3) is 0.143. The Morgan fingerprint density at radius 2 is 1.86 bits per heavy atom. The molecule has 0 atom stereocenters. The second-order valence-electron chi connectivity index (χ2n) is 4.37. The number of hydrogen-bond acceptors (Lipinski definition) is 3. The maximum atomic E-state index is 13.1. The van der Waals surface area contributed by atoms with Crippen LogP contribution in [0.2, 0.25) is 5.02 Å². The van der Waals surface area contributed by atoms with Crippen molar-refractivity contribution in [2.75, 3.05) is 7.11 Å². The first-order valence-electron chi connectivity index (χ1n) is 6.10. The van der Waals surface area contributed by atoms with Gasteiger partial charge in [-0.1, -0.05) is 17.7 Å². The first-order chi connectivity index (χ1) is 10.3. The zero-order valence-electron chi connectivity index (χ0n) is 11.4. The Morgan fingerprint density at radius 3 is 2.45 bits per heavy atom. The quantitative estimate of drug-likeness (QED) is 0.904. The molecular formula is C14H12ClF2NO3S. The molecule has 22 heavy (non-hydrogen) atoms. The van der Waals surface area contributed by atoms with Gasteiger partial charge in [-0.15, -0.1) is 0 Å². The summed E-state index contributed by atoms with van der Waals surface area (Å²) in [6, 6.07) is 7.16. The molecule has 4 nitrogen and oxygen atoms in total. The minimum Gasteiger partial charge on any atom is -0.495 e. The van der Waals surface area contributed by atoms with E-state index in [1.165, 1.54) is 31.4 Å². The summed E-state index contributed by atoms with van der Waals surface area (Å²) in [5, 5.41) is 0.151. The second-order valence-corrected chi connectivity index (χ2v) is 6.54. The third kappa shape index (κ3) is 3.73. The van der Waals surface area contributed by atoms with Gasteiger partial charge in [0.25, 0.3) is 0 Å². The summed E-state index contributed by atoms with van der Waals surface area (Å²) in [5.41, 5.74) is 0.294. The Balaban J connectivity index is 2.17. The van der Waals surface area contributed by atoms with Gasteiger partial charge in [-0.2, -0.15) is 0 Å². The Morgan fingerprint density at radius 1 is 1.14 bits per heavy atom. The lowest BCUT2D eigenvalue weighted by atomic mass is 10.2. The van der Waals surface area contributed by atoms with Gasteiger partial charge in [-0.3, -0.25) is 0 Å². The number of nitrogens with one attached hydrogen (secondary N) is 1. The zero-order chi connectivity index (χ0) is 16.3. The van der Waals surface area contributed by atoms with Crippen molar-refractivity contribution in [3.05, 3.63) is 58.6 Å². The Hall–Kier alpha value is -1.70. The van der Waals surface area contributed by atoms with E-state index in [4.69, 9.17) is 16.3 Å². The summed E-state index contributed by atoms with van der Waals surface area (Å²) < 4.78 is 57.4. The van der Waals surface area contributed by atoms with E-state index in [1.54, 1.807) is 0 Å². The normalized spacial score (nSPS) is 11.5. The fourth-order valence-corrected chi connectivity index (χ4v) is 3.09. The number of methoxy groups -OCH3 is 1. The van der Waals surface area contributed by atoms with Gasteiger partial charge in [0.05, 0.1) is 17.0 Å². The van der Waals surface area contributed by atoms with Crippen molar-refractivity contribution in [2.45, 2.75) is 11.4 Å². The molecule has 118 valence electrons. The Labute approximate surface area is 131 Å². The molecule has 0 unspecified atom stereocenters. The Bertz CT molecular complexity index is 797. The number of hydrogen-bond donors (Lipinski definition) is 1. The molecule has 0 aromatic heterocycles. The van der Waals surface area contributed by atoms with Crippen LogP contribution in [0.4, 0.5) is 8.78 Å². The first kappa shape index (κ1) is 16.7. The van der Waals surface area contributed by atoms with E-state index < -0.39 is 21.7 Å². The molecule has 0 amide bonds. The fourth-order valence-electron chi connectivity index (χ4n) is 1.73. The topological polar surface area (TPSA) is 55.4 Å². The van der Waals surface area contributed by atoms with Gasteiger partial charge in [-0.05, 0) is 35.9 Å². The van der Waals surface area contributed by atoms with E-state index in [-0.39, 0.29) is 16.5 Å². The molecule has 2 rings (SSSR count). The maximum absolute atomic E-state index is 13.1. The first-order valence-corrected chi connectivity index (χ1v) is 7.97. The molecule has 0 aliphatic carbocycles. The summed E-state index contributed by atoms with van der Waals surface area (Å²) in [5.74, 6) is -1.68. The largest absolute Gasteiger partial charge is 0.495 e. The molecule has 0 aliphatic rings. The van der Waals surface area contributed by atoms with E-state index >= 15 is 0 Å². The van der Waals surface area contributed by atoms with Crippen LogP contribution in [0.25, 0.3) is 0 Å². The number of benzene rings is 2. The van der Waals surface area contributed by atoms with Crippen molar-refractivity contribution >= 4 is 21.6 Å². The molecule has 0 saturated carbocycles. The maximum Gasteiger partial charge on any atom is 0.240 e. The van der Waals surface area contributed by atoms with Crippen LogP contribution in [0.15, 0.2) is 41.3 Å². The number of ether oxygens (including phenoxy) is 1. The zero-order valence-corrected chi connectivity index (χ0v) is 13.0. The minimum atomic E-state index is -3.84. The summed E-state index contributed by atoms with van der Waals surface area (Å²) in [6.07, 6.45) is 0. The minimum absolute atomic E-state index is 0.0547. The van der Waals surface area contributed by atoms with Crippen molar-refractivity contribution in [3.63, 3.8) is 0 Å². The van der Waals surface area contributed by atoms with Crippen LogP contribution in [0.1, 0.15) is 5.56 Å². The van der Waals surface area contributed by atoms with Crippen LogP contribution >= 0.6 is 11.6 Å². The highest BCUT2D eigenvalue weighted by atomic mass is 35.5. The van der Waals surface area contributed by atoms with E-state index in [2.05, 4.69) is 4.72 Å². The van der Waals surface area contributed by atoms with Crippen molar-refractivity contribution < 1.29 is 21.9 Å². The van der Waals surface area contributed by atoms with E-state index in [9.17, 15) is 17.2 Å². The molecule has 0 aliphatic heterocycles. The Kier molecular flexibility index (Phi) is 5.00. The van der Waals surface area contributed by atoms with Crippen LogP contribution in [0.3, 0.4) is 0 Å². The molecule has 2 aromatic rings. The van der Waals surface area contributed by atoms with Crippen LogP contribution in [-0.4, -0.2) is 15.5 Å². The molecule has 0 saturated heterocycles. The van der Waals surface area contributed by atoms with Gasteiger partial charge in [0.15, 0.2) is 11.6 Å². The van der Waals surface area contributed by atoms with E-state index in [0.717, 1.165) is 12.1 Å². The molecule has 0 bridgehead atoms. The summed E-state index contributed by atoms with van der Waals surface area (Å²) in [6.45, 7) is -0.177. The number of rotatable bonds is 5. The highest BCUT2D eigenvalue weighted by molar-refractivity contribution is 7.89. The third-order valence-electron chi connectivity index (χ3n) is 2.88. The smallest absolute Gasteiger partial charge is 0.240 e. The number of sulfonamides is 1. The van der Waals surface area contributed by atoms with Gasteiger partial charge in [-0.25, -0.2) is 21.9 Å². The lowest BCUT2D eigenvalue weighted by molar-refractivity contribution is 0.414. The lowest BCUT2D eigenvalue weighted by Gasteiger charge is -2.09. The van der Waals surface area contributed by atoms with Crippen LogP contribution in [0.5, 0.6) is 5.75 Å². The molecule has 0 fully saturated rings. The average Bonchev–Trinajstić information content (AvgIpc) is 2.48. The monoisotopic (exact) mass is 347 g/mol. The van der Waals surface area contributed by atoms with Crippen LogP contribution < -0.4 is 9.46 Å². The van der Waals surface area contributed by atoms with E-state index in [1.807, 2.05) is 0 Å². The predicted molar refractivity (Wildman–Crippen MR) is 78.4 cm³/mol. The molecule has 0 radical (unpaired) electrons. The molecular weight excluding hydrogens is 336 g/mol. The predicted octanol–water partition coefficient (Wildman–Crippen LogP) is 3.11. The average molecular weight is 348 g/mol. The molecule has 2 aromatic carbocycles. The lowest BCUT2D eigenvalue weighted by Crippen LogP contribution is -2.23. The van der Waals surface area contributed by atoms with Crippen molar-refractivity contribution in [1.29, 1.82) is 0 Å². The van der Waals surface area contributed by atoms with Crippen LogP contribution in [-0.2, 0) is 16.6 Å². The van der Waals surface area contributed by atoms with Crippen molar-refractivity contribution in [1.82, 2.24) is 4.72 Å². The molecule has 0 heterocycles. The van der Waals surface area contributed by atoms with Gasteiger partial charge < -0.3 is 4.74 Å². The van der Waals surface area contributed by atoms with Crippen molar-refractivity contribution in [2.24, 2.45) is 0 Å². The van der Waals surface area contributed by atoms with Crippen LogP contribution in [0, 0.1) is 11.6 Å². The van der Waals surface area contributed by atoms with Gasteiger partial charge in [0.2, 0.25) is 10.0 Å².